The molecule has 0 spiro atoms. The first-order chi connectivity index (χ1) is 9.15. The maximum atomic E-state index is 9.49. The molecule has 1 saturated heterocycles. The summed E-state index contributed by atoms with van der Waals surface area (Å²) in [5.41, 5.74) is 0.882. The summed E-state index contributed by atoms with van der Waals surface area (Å²) in [6.07, 6.45) is 1.12. The van der Waals surface area contributed by atoms with Crippen LogP contribution in [0, 0.1) is 5.92 Å². The van der Waals surface area contributed by atoms with Crippen LogP contribution in [0.2, 0.25) is 5.02 Å². The molecule has 0 saturated carbocycles. The van der Waals surface area contributed by atoms with E-state index in [1.807, 2.05) is 19.1 Å². The van der Waals surface area contributed by atoms with Crippen LogP contribution in [-0.2, 0) is 6.54 Å². The Kier molecular flexibility index (Phi) is 5.02. The zero-order valence-corrected chi connectivity index (χ0v) is 12.3. The average molecular weight is 284 g/mol. The molecular weight excluding hydrogens is 262 g/mol. The molecule has 2 rings (SSSR count). The van der Waals surface area contributed by atoms with E-state index in [1.54, 1.807) is 0 Å². The van der Waals surface area contributed by atoms with Crippen molar-refractivity contribution in [1.82, 2.24) is 9.88 Å². The lowest BCUT2D eigenvalue weighted by Gasteiger charge is -2.25. The Hall–Kier alpha value is -0.840. The van der Waals surface area contributed by atoms with Gasteiger partial charge in [0.05, 0.1) is 17.3 Å². The molecule has 2 unspecified atom stereocenters. The molecule has 1 aromatic heterocycles. The van der Waals surface area contributed by atoms with Gasteiger partial charge in [0.1, 0.15) is 5.82 Å². The van der Waals surface area contributed by atoms with Crippen molar-refractivity contribution in [3.05, 3.63) is 22.8 Å². The second-order valence-corrected chi connectivity index (χ2v) is 5.55. The topological polar surface area (TPSA) is 48.4 Å². The fraction of sp³-hybridized carbons (Fsp3) is 0.643. The Morgan fingerprint density at radius 1 is 1.53 bits per heavy atom. The van der Waals surface area contributed by atoms with Gasteiger partial charge in [-0.3, -0.25) is 4.90 Å². The van der Waals surface area contributed by atoms with Gasteiger partial charge in [-0.15, -0.1) is 0 Å². The van der Waals surface area contributed by atoms with E-state index in [4.69, 9.17) is 11.6 Å². The largest absolute Gasteiger partial charge is 0.395 e. The highest BCUT2D eigenvalue weighted by Gasteiger charge is 2.30. The number of halogens is 1. The molecule has 2 N–H and O–H groups in total. The van der Waals surface area contributed by atoms with E-state index in [-0.39, 0.29) is 12.6 Å². The Morgan fingerprint density at radius 2 is 2.32 bits per heavy atom. The lowest BCUT2D eigenvalue weighted by Crippen LogP contribution is -2.35. The van der Waals surface area contributed by atoms with Crippen LogP contribution in [0.25, 0.3) is 0 Å². The molecule has 4 nitrogen and oxygen atoms in total. The third-order valence-electron chi connectivity index (χ3n) is 3.81. The van der Waals surface area contributed by atoms with E-state index in [1.165, 1.54) is 0 Å². The molecule has 19 heavy (non-hydrogen) atoms. The predicted molar refractivity (Wildman–Crippen MR) is 78.5 cm³/mol. The third-order valence-corrected chi connectivity index (χ3v) is 4.16. The number of nitrogens with zero attached hydrogens (tertiary/aromatic N) is 2. The van der Waals surface area contributed by atoms with Gasteiger partial charge in [0.25, 0.3) is 0 Å². The molecule has 0 radical (unpaired) electrons. The van der Waals surface area contributed by atoms with Gasteiger partial charge in [0.2, 0.25) is 0 Å². The number of pyridine rings is 1. The first kappa shape index (κ1) is 14.6. The standard InChI is InChI=1S/C14H22ClN3O/c1-3-16-14-5-4-11(15)12(17-14)8-18-7-6-10(2)13(18)9-19/h4-5,10,13,19H,3,6-9H2,1-2H3,(H,16,17). The average Bonchev–Trinajstić information content (AvgIpc) is 2.74. The summed E-state index contributed by atoms with van der Waals surface area (Å²) in [5.74, 6) is 1.38. The lowest BCUT2D eigenvalue weighted by atomic mass is 10.0. The number of aliphatic hydroxyl groups excluding tert-OH is 1. The molecule has 1 aromatic rings. The fourth-order valence-electron chi connectivity index (χ4n) is 2.65. The van der Waals surface area contributed by atoms with Crippen molar-refractivity contribution in [3.8, 4) is 0 Å². The van der Waals surface area contributed by atoms with Crippen molar-refractivity contribution in [1.29, 1.82) is 0 Å². The van der Waals surface area contributed by atoms with E-state index in [2.05, 4.69) is 22.1 Å². The van der Waals surface area contributed by atoms with Gasteiger partial charge in [0.15, 0.2) is 0 Å². The van der Waals surface area contributed by atoms with Gasteiger partial charge >= 0.3 is 0 Å². The number of nitrogens with one attached hydrogen (secondary N) is 1. The number of likely N-dealkylation sites (tertiary alicyclic amines) is 1. The normalized spacial score (nSPS) is 23.8. The van der Waals surface area contributed by atoms with Crippen molar-refractivity contribution in [2.24, 2.45) is 5.92 Å². The number of hydrogen-bond donors (Lipinski definition) is 2. The van der Waals surface area contributed by atoms with E-state index >= 15 is 0 Å². The number of aromatic nitrogens is 1. The van der Waals surface area contributed by atoms with Gasteiger partial charge in [-0.05, 0) is 37.9 Å². The van der Waals surface area contributed by atoms with E-state index in [0.717, 1.165) is 31.0 Å². The number of hydrogen-bond acceptors (Lipinski definition) is 4. The van der Waals surface area contributed by atoms with Crippen molar-refractivity contribution in [3.63, 3.8) is 0 Å². The summed E-state index contributed by atoms with van der Waals surface area (Å²) in [4.78, 5) is 6.83. The highest BCUT2D eigenvalue weighted by molar-refractivity contribution is 6.31. The van der Waals surface area contributed by atoms with Gasteiger partial charge in [-0.1, -0.05) is 18.5 Å². The summed E-state index contributed by atoms with van der Waals surface area (Å²) in [6.45, 7) is 6.97. The van der Waals surface area contributed by atoms with E-state index < -0.39 is 0 Å². The number of aliphatic hydroxyl groups is 1. The minimum atomic E-state index is 0.200. The zero-order valence-electron chi connectivity index (χ0n) is 11.6. The molecule has 1 fully saturated rings. The monoisotopic (exact) mass is 283 g/mol. The highest BCUT2D eigenvalue weighted by atomic mass is 35.5. The summed E-state index contributed by atoms with van der Waals surface area (Å²) in [7, 11) is 0. The third kappa shape index (κ3) is 3.38. The van der Waals surface area contributed by atoms with Crippen LogP contribution in [0.15, 0.2) is 12.1 Å². The highest BCUT2D eigenvalue weighted by Crippen LogP contribution is 2.27. The molecule has 5 heteroatoms. The van der Waals surface area contributed by atoms with Crippen LogP contribution in [0.5, 0.6) is 0 Å². The molecule has 1 aliphatic heterocycles. The second-order valence-electron chi connectivity index (χ2n) is 5.14. The smallest absolute Gasteiger partial charge is 0.126 e. The summed E-state index contributed by atoms with van der Waals surface area (Å²) in [6, 6.07) is 4.00. The molecule has 0 aliphatic carbocycles. The SMILES string of the molecule is CCNc1ccc(Cl)c(CN2CCC(C)C2CO)n1. The molecule has 106 valence electrons. The van der Waals surface area contributed by atoms with Crippen molar-refractivity contribution < 1.29 is 5.11 Å². The van der Waals surface area contributed by atoms with Crippen LogP contribution in [0.3, 0.4) is 0 Å². The second kappa shape index (κ2) is 6.55. The quantitative estimate of drug-likeness (QED) is 0.871. The Labute approximate surface area is 119 Å². The maximum Gasteiger partial charge on any atom is 0.126 e. The Balaban J connectivity index is 2.11. The van der Waals surface area contributed by atoms with Gasteiger partial charge in [-0.2, -0.15) is 0 Å². The summed E-state index contributed by atoms with van der Waals surface area (Å²) < 4.78 is 0. The van der Waals surface area contributed by atoms with Gasteiger partial charge < -0.3 is 10.4 Å². The maximum absolute atomic E-state index is 9.49. The molecule has 0 bridgehead atoms. The number of rotatable bonds is 5. The zero-order chi connectivity index (χ0) is 13.8. The van der Waals surface area contributed by atoms with Crippen LogP contribution in [-0.4, -0.2) is 40.7 Å². The molecule has 1 aliphatic rings. The molecule has 0 aromatic carbocycles. The first-order valence-corrected chi connectivity index (χ1v) is 7.27. The summed E-state index contributed by atoms with van der Waals surface area (Å²) >= 11 is 6.22. The molecule has 2 atom stereocenters. The van der Waals surface area contributed by atoms with Crippen molar-refractivity contribution in [2.75, 3.05) is 25.0 Å². The minimum Gasteiger partial charge on any atom is -0.395 e. The molecule has 0 amide bonds. The summed E-state index contributed by atoms with van der Waals surface area (Å²) in [5, 5.41) is 13.4. The van der Waals surface area contributed by atoms with Gasteiger partial charge in [-0.25, -0.2) is 4.98 Å². The van der Waals surface area contributed by atoms with Gasteiger partial charge in [0, 0.05) is 19.1 Å². The molecule has 2 heterocycles. The Morgan fingerprint density at radius 3 is 3.00 bits per heavy atom. The van der Waals surface area contributed by atoms with Crippen LogP contribution in [0.4, 0.5) is 5.82 Å². The predicted octanol–water partition coefficient (Wildman–Crippen LogP) is 2.37. The molecular formula is C14H22ClN3O. The van der Waals surface area contributed by atoms with E-state index in [0.29, 0.717) is 17.5 Å². The van der Waals surface area contributed by atoms with E-state index in [9.17, 15) is 5.11 Å². The van der Waals surface area contributed by atoms with Crippen LogP contribution in [0.1, 0.15) is 26.0 Å². The van der Waals surface area contributed by atoms with Crippen molar-refractivity contribution >= 4 is 17.4 Å². The van der Waals surface area contributed by atoms with Crippen LogP contribution >= 0.6 is 11.6 Å². The minimum absolute atomic E-state index is 0.200. The lowest BCUT2D eigenvalue weighted by molar-refractivity contribution is 0.133. The first-order valence-electron chi connectivity index (χ1n) is 6.90. The van der Waals surface area contributed by atoms with Crippen LogP contribution < -0.4 is 5.32 Å². The van der Waals surface area contributed by atoms with Crippen molar-refractivity contribution in [2.45, 2.75) is 32.9 Å². The Bertz CT molecular complexity index is 427. The fourth-order valence-corrected chi connectivity index (χ4v) is 2.81. The number of anilines is 1.